The van der Waals surface area contributed by atoms with Crippen molar-refractivity contribution < 1.29 is 15.0 Å². The highest BCUT2D eigenvalue weighted by Gasteiger charge is 2.22. The Morgan fingerprint density at radius 1 is 1.40 bits per heavy atom. The van der Waals surface area contributed by atoms with Crippen molar-refractivity contribution in [2.24, 2.45) is 7.05 Å². The van der Waals surface area contributed by atoms with Crippen molar-refractivity contribution >= 4 is 34.9 Å². The Labute approximate surface area is 153 Å². The molecule has 2 N–H and O–H groups in total. The van der Waals surface area contributed by atoms with Gasteiger partial charge in [0.15, 0.2) is 11.3 Å². The summed E-state index contributed by atoms with van der Waals surface area (Å²) in [5.41, 5.74) is 0.0562. The lowest BCUT2D eigenvalue weighted by atomic mass is 10.1. The fraction of sp³-hybridized carbons (Fsp3) is 0.200. The highest BCUT2D eigenvalue weighted by atomic mass is 35.5. The summed E-state index contributed by atoms with van der Waals surface area (Å²) in [5, 5.41) is 36.5. The first kappa shape index (κ1) is 18.6. The van der Waals surface area contributed by atoms with Gasteiger partial charge in [0.1, 0.15) is 17.5 Å². The molecule has 1 heterocycles. The molecule has 0 aliphatic carbocycles. The van der Waals surface area contributed by atoms with Crippen LogP contribution >= 0.6 is 23.2 Å². The van der Waals surface area contributed by atoms with Gasteiger partial charge in [-0.25, -0.2) is 0 Å². The second-order valence-electron chi connectivity index (χ2n) is 5.17. The Bertz CT molecular complexity index is 878. The quantitative estimate of drug-likeness (QED) is 0.476. The summed E-state index contributed by atoms with van der Waals surface area (Å²) >= 11 is 11.6. The molecule has 25 heavy (non-hydrogen) atoms. The van der Waals surface area contributed by atoms with Crippen molar-refractivity contribution in [2.45, 2.75) is 6.54 Å². The molecular formula is C15H13Cl2N5O3. The van der Waals surface area contributed by atoms with Gasteiger partial charge in [-0.2, -0.15) is 5.26 Å². The van der Waals surface area contributed by atoms with Crippen molar-refractivity contribution in [2.75, 3.05) is 7.05 Å². The highest BCUT2D eigenvalue weighted by molar-refractivity contribution is 6.37. The Morgan fingerprint density at radius 3 is 2.48 bits per heavy atom. The minimum absolute atomic E-state index is 0.0330. The minimum Gasteiger partial charge on any atom is -0.506 e. The van der Waals surface area contributed by atoms with Gasteiger partial charge in [-0.1, -0.05) is 28.4 Å². The number of carbonyl (C=O) groups is 1. The number of halogens is 2. The first-order valence-electron chi connectivity index (χ1n) is 6.87. The van der Waals surface area contributed by atoms with Crippen LogP contribution < -0.4 is 0 Å². The molecule has 0 aliphatic heterocycles. The van der Waals surface area contributed by atoms with Gasteiger partial charge in [0.05, 0.1) is 16.6 Å². The number of nitriles is 1. The van der Waals surface area contributed by atoms with Gasteiger partial charge in [-0.15, -0.1) is 5.10 Å². The molecule has 0 bridgehead atoms. The predicted molar refractivity (Wildman–Crippen MR) is 90.8 cm³/mol. The number of aryl methyl sites for hydroxylation is 1. The zero-order valence-electron chi connectivity index (χ0n) is 13.2. The second-order valence-corrected chi connectivity index (χ2v) is 5.98. The van der Waals surface area contributed by atoms with Gasteiger partial charge in [-0.05, 0) is 12.1 Å². The van der Waals surface area contributed by atoms with Crippen molar-refractivity contribution in [3.05, 3.63) is 45.2 Å². The number of rotatable bonds is 4. The number of aliphatic hydroxyl groups excluding tert-OH is 1. The summed E-state index contributed by atoms with van der Waals surface area (Å²) in [6.45, 7) is 0.0994. The number of phenols is 1. The number of hydrogen-bond donors (Lipinski definition) is 2. The average molecular weight is 382 g/mol. The van der Waals surface area contributed by atoms with Gasteiger partial charge in [0.25, 0.3) is 5.91 Å². The van der Waals surface area contributed by atoms with Gasteiger partial charge in [-0.3, -0.25) is 9.48 Å². The molecule has 1 amide bonds. The van der Waals surface area contributed by atoms with Gasteiger partial charge in [0.2, 0.25) is 0 Å². The smallest absolute Gasteiger partial charge is 0.268 e. The number of benzene rings is 1. The number of amides is 1. The van der Waals surface area contributed by atoms with Gasteiger partial charge in [0, 0.05) is 25.9 Å². The number of nitrogens with zero attached hydrogens (tertiary/aromatic N) is 5. The van der Waals surface area contributed by atoms with Gasteiger partial charge >= 0.3 is 0 Å². The van der Waals surface area contributed by atoms with Gasteiger partial charge < -0.3 is 15.1 Å². The molecule has 8 nitrogen and oxygen atoms in total. The van der Waals surface area contributed by atoms with E-state index in [1.165, 1.54) is 28.8 Å². The summed E-state index contributed by atoms with van der Waals surface area (Å²) in [7, 11) is 3.14. The molecule has 0 atom stereocenters. The third kappa shape index (κ3) is 4.02. The first-order chi connectivity index (χ1) is 11.7. The predicted octanol–water partition coefficient (Wildman–Crippen LogP) is 2.28. The molecule has 2 aromatic rings. The van der Waals surface area contributed by atoms with E-state index >= 15 is 0 Å². The summed E-state index contributed by atoms with van der Waals surface area (Å²) < 4.78 is 1.48. The van der Waals surface area contributed by atoms with E-state index in [9.17, 15) is 20.3 Å². The maximum absolute atomic E-state index is 12.5. The lowest BCUT2D eigenvalue weighted by Crippen LogP contribution is -2.28. The van der Waals surface area contributed by atoms with E-state index in [4.69, 9.17) is 23.2 Å². The van der Waals surface area contributed by atoms with E-state index < -0.39 is 17.2 Å². The van der Waals surface area contributed by atoms with Crippen LogP contribution in [-0.4, -0.2) is 43.1 Å². The molecule has 0 spiro atoms. The zero-order valence-corrected chi connectivity index (χ0v) is 14.7. The summed E-state index contributed by atoms with van der Waals surface area (Å²) in [4.78, 5) is 13.7. The van der Waals surface area contributed by atoms with Crippen molar-refractivity contribution in [3.8, 4) is 11.8 Å². The second kappa shape index (κ2) is 7.42. The number of likely N-dealkylation sites (N-methyl/N-ethyl adjacent to an activating group) is 1. The average Bonchev–Trinajstić information content (AvgIpc) is 2.97. The van der Waals surface area contributed by atoms with Crippen LogP contribution in [0.15, 0.2) is 23.9 Å². The topological polar surface area (TPSA) is 115 Å². The lowest BCUT2D eigenvalue weighted by Gasteiger charge is -2.16. The number of aliphatic hydroxyl groups is 1. The Morgan fingerprint density at radius 2 is 2.00 bits per heavy atom. The molecular weight excluding hydrogens is 369 g/mol. The van der Waals surface area contributed by atoms with Crippen molar-refractivity contribution in [3.63, 3.8) is 0 Å². The van der Waals surface area contributed by atoms with Crippen molar-refractivity contribution in [1.29, 1.82) is 5.26 Å². The zero-order chi connectivity index (χ0) is 18.7. The van der Waals surface area contributed by atoms with Crippen LogP contribution in [0, 0.1) is 11.3 Å². The van der Waals surface area contributed by atoms with Crippen LogP contribution in [0.25, 0.3) is 5.76 Å². The third-order valence-electron chi connectivity index (χ3n) is 3.25. The van der Waals surface area contributed by atoms with E-state index in [0.717, 1.165) is 0 Å². The van der Waals surface area contributed by atoms with Crippen LogP contribution in [0.3, 0.4) is 0 Å². The molecule has 0 saturated carbocycles. The number of aromatic nitrogens is 3. The first-order valence-corrected chi connectivity index (χ1v) is 7.62. The van der Waals surface area contributed by atoms with E-state index in [1.807, 2.05) is 0 Å². The summed E-state index contributed by atoms with van der Waals surface area (Å²) in [5.74, 6) is -1.67. The number of hydrogen-bond acceptors (Lipinski definition) is 6. The van der Waals surface area contributed by atoms with Crippen LogP contribution in [0.1, 0.15) is 11.3 Å². The number of phenolic OH excluding ortho intramolecular Hbond substituents is 1. The van der Waals surface area contributed by atoms with E-state index in [2.05, 4.69) is 10.3 Å². The molecule has 130 valence electrons. The van der Waals surface area contributed by atoms with E-state index in [-0.39, 0.29) is 27.9 Å². The van der Waals surface area contributed by atoms with Crippen LogP contribution in [0.2, 0.25) is 10.0 Å². The third-order valence-corrected chi connectivity index (χ3v) is 3.83. The summed E-state index contributed by atoms with van der Waals surface area (Å²) in [6, 6.07) is 4.07. The maximum atomic E-state index is 12.5. The Balaban J connectivity index is 2.34. The molecule has 10 heteroatoms. The molecule has 1 aromatic heterocycles. The fourth-order valence-corrected chi connectivity index (χ4v) is 2.51. The molecule has 2 rings (SSSR count). The molecule has 0 fully saturated rings. The number of carbonyl (C=O) groups excluding carboxylic acids is 1. The Hall–Kier alpha value is -2.76. The summed E-state index contributed by atoms with van der Waals surface area (Å²) in [6.07, 6.45) is 1.62. The normalized spacial score (nSPS) is 11.6. The van der Waals surface area contributed by atoms with Crippen LogP contribution in [0.4, 0.5) is 0 Å². The van der Waals surface area contributed by atoms with Crippen LogP contribution in [0.5, 0.6) is 5.75 Å². The molecule has 0 aliphatic rings. The van der Waals surface area contributed by atoms with E-state index in [0.29, 0.717) is 5.69 Å². The largest absolute Gasteiger partial charge is 0.506 e. The molecule has 1 aromatic carbocycles. The highest BCUT2D eigenvalue weighted by Crippen LogP contribution is 2.35. The van der Waals surface area contributed by atoms with Crippen molar-refractivity contribution in [1.82, 2.24) is 19.9 Å². The fourth-order valence-electron chi connectivity index (χ4n) is 2.02. The molecule has 0 radical (unpaired) electrons. The SMILES string of the molecule is CN(Cc1cn(C)nn1)C(=O)/C(C#N)=C(\O)c1cc(Cl)c(O)c(Cl)c1. The standard InChI is InChI=1S/C15H13Cl2N5O3/c1-21(6-9-7-22(2)20-19-9)15(25)10(5-18)13(23)8-3-11(16)14(24)12(17)4-8/h3-4,7,23-24H,6H2,1-2H3/b13-10-. The molecule has 0 unspecified atom stereocenters. The Kier molecular flexibility index (Phi) is 5.51. The van der Waals surface area contributed by atoms with Crippen LogP contribution in [-0.2, 0) is 18.4 Å². The maximum Gasteiger partial charge on any atom is 0.268 e. The lowest BCUT2D eigenvalue weighted by molar-refractivity contribution is -0.126. The molecule has 0 saturated heterocycles. The number of aromatic hydroxyl groups is 1. The monoisotopic (exact) mass is 381 g/mol. The minimum atomic E-state index is -0.717. The van der Waals surface area contributed by atoms with E-state index in [1.54, 1.807) is 19.3 Å².